The fourth-order valence-corrected chi connectivity index (χ4v) is 3.51. The van der Waals surface area contributed by atoms with Gasteiger partial charge in [0.2, 0.25) is 0 Å². The first kappa shape index (κ1) is 16.1. The van der Waals surface area contributed by atoms with Crippen molar-refractivity contribution in [1.82, 2.24) is 9.38 Å². The number of halogens is 1. The Kier molecular flexibility index (Phi) is 4.63. The maximum absolute atomic E-state index is 5.45. The summed E-state index contributed by atoms with van der Waals surface area (Å²) in [6.45, 7) is 0.441. The number of benzene rings is 2. The first-order valence-corrected chi connectivity index (χ1v) is 9.39. The third kappa shape index (κ3) is 3.50. The molecular weight excluding hydrogens is 398 g/mol. The Hall–Kier alpha value is -2.44. The molecular formula is C19H14BrN3OS. The first-order chi connectivity index (χ1) is 12.3. The van der Waals surface area contributed by atoms with E-state index < -0.39 is 0 Å². The Balaban J connectivity index is 1.61. The number of hydrogen-bond acceptors (Lipinski definition) is 4. The minimum absolute atomic E-state index is 0.441. The van der Waals surface area contributed by atoms with E-state index in [9.17, 15) is 0 Å². The molecule has 0 unspecified atom stereocenters. The van der Waals surface area contributed by atoms with Crippen LogP contribution in [-0.4, -0.2) is 15.6 Å². The Labute approximate surface area is 157 Å². The lowest BCUT2D eigenvalue weighted by atomic mass is 10.1. The molecule has 0 radical (unpaired) electrons. The van der Waals surface area contributed by atoms with Crippen LogP contribution in [-0.2, 0) is 11.4 Å². The molecule has 0 saturated carbocycles. The Morgan fingerprint density at radius 3 is 2.72 bits per heavy atom. The smallest absolute Gasteiger partial charge is 0.194 e. The molecule has 0 saturated heterocycles. The molecule has 2 heterocycles. The molecule has 0 bridgehead atoms. The predicted octanol–water partition coefficient (Wildman–Crippen LogP) is 5.38. The van der Waals surface area contributed by atoms with Gasteiger partial charge in [0.05, 0.1) is 17.6 Å². The molecule has 2 aromatic heterocycles. The van der Waals surface area contributed by atoms with Gasteiger partial charge in [0.1, 0.15) is 6.61 Å². The maximum Gasteiger partial charge on any atom is 0.194 e. The highest BCUT2D eigenvalue weighted by Crippen LogP contribution is 2.26. The highest BCUT2D eigenvalue weighted by molar-refractivity contribution is 9.10. The van der Waals surface area contributed by atoms with Crippen molar-refractivity contribution < 1.29 is 4.84 Å². The predicted molar refractivity (Wildman–Crippen MR) is 105 cm³/mol. The number of nitrogens with zero attached hydrogens (tertiary/aromatic N) is 3. The van der Waals surface area contributed by atoms with E-state index in [2.05, 4.69) is 21.1 Å². The van der Waals surface area contributed by atoms with Crippen LogP contribution in [0, 0.1) is 0 Å². The van der Waals surface area contributed by atoms with Crippen LogP contribution < -0.4 is 0 Å². The molecule has 0 spiro atoms. The number of hydrogen-bond donors (Lipinski definition) is 0. The van der Waals surface area contributed by atoms with Crippen molar-refractivity contribution in [2.75, 3.05) is 0 Å². The molecule has 0 aliphatic heterocycles. The van der Waals surface area contributed by atoms with Crippen molar-refractivity contribution in [2.45, 2.75) is 6.61 Å². The normalized spacial score (nSPS) is 11.4. The van der Waals surface area contributed by atoms with Crippen molar-refractivity contribution >= 4 is 38.4 Å². The molecule has 25 heavy (non-hydrogen) atoms. The average molecular weight is 412 g/mol. The number of fused-ring (bicyclic) bond motifs is 1. The average Bonchev–Trinajstić information content (AvgIpc) is 3.22. The van der Waals surface area contributed by atoms with Gasteiger partial charge in [-0.2, -0.15) is 0 Å². The van der Waals surface area contributed by atoms with E-state index in [0.717, 1.165) is 31.9 Å². The van der Waals surface area contributed by atoms with Crippen molar-refractivity contribution in [3.63, 3.8) is 0 Å². The molecule has 4 nitrogen and oxygen atoms in total. The summed E-state index contributed by atoms with van der Waals surface area (Å²) >= 11 is 5.06. The van der Waals surface area contributed by atoms with Crippen LogP contribution >= 0.6 is 27.3 Å². The van der Waals surface area contributed by atoms with Gasteiger partial charge in [0.25, 0.3) is 0 Å². The topological polar surface area (TPSA) is 38.9 Å². The quantitative estimate of drug-likeness (QED) is 0.326. The third-order valence-electron chi connectivity index (χ3n) is 3.74. The second kappa shape index (κ2) is 7.21. The number of imidazole rings is 1. The van der Waals surface area contributed by atoms with Gasteiger partial charge < -0.3 is 4.84 Å². The molecule has 6 heteroatoms. The number of oxime groups is 1. The molecule has 2 aromatic carbocycles. The molecule has 0 atom stereocenters. The van der Waals surface area contributed by atoms with Crippen molar-refractivity contribution in [2.24, 2.45) is 5.16 Å². The van der Waals surface area contributed by atoms with Crippen LogP contribution in [0.5, 0.6) is 0 Å². The van der Waals surface area contributed by atoms with Gasteiger partial charge in [-0.25, -0.2) is 4.98 Å². The highest BCUT2D eigenvalue weighted by Gasteiger charge is 2.13. The van der Waals surface area contributed by atoms with Gasteiger partial charge in [-0.1, -0.05) is 63.6 Å². The van der Waals surface area contributed by atoms with E-state index in [-0.39, 0.29) is 0 Å². The molecule has 4 aromatic rings. The highest BCUT2D eigenvalue weighted by atomic mass is 79.9. The van der Waals surface area contributed by atoms with Gasteiger partial charge in [0, 0.05) is 21.6 Å². The van der Waals surface area contributed by atoms with E-state index in [1.165, 1.54) is 0 Å². The third-order valence-corrected chi connectivity index (χ3v) is 5.03. The summed E-state index contributed by atoms with van der Waals surface area (Å²) in [4.78, 5) is 11.1. The van der Waals surface area contributed by atoms with Gasteiger partial charge in [-0.15, -0.1) is 11.3 Å². The minimum Gasteiger partial charge on any atom is -0.391 e. The maximum atomic E-state index is 5.45. The second-order valence-corrected chi connectivity index (χ2v) is 7.19. The fraction of sp³-hybridized carbons (Fsp3) is 0.0526. The largest absolute Gasteiger partial charge is 0.391 e. The molecule has 0 fully saturated rings. The molecule has 0 amide bonds. The van der Waals surface area contributed by atoms with E-state index in [0.29, 0.717) is 6.61 Å². The van der Waals surface area contributed by atoms with E-state index in [1.54, 1.807) is 17.6 Å². The number of rotatable bonds is 5. The first-order valence-electron chi connectivity index (χ1n) is 7.72. The van der Waals surface area contributed by atoms with Gasteiger partial charge in [-0.05, 0) is 17.7 Å². The van der Waals surface area contributed by atoms with Crippen molar-refractivity contribution in [3.8, 4) is 11.3 Å². The summed E-state index contributed by atoms with van der Waals surface area (Å²) in [5, 5.41) is 6.16. The lowest BCUT2D eigenvalue weighted by Gasteiger charge is -2.01. The minimum atomic E-state index is 0.441. The van der Waals surface area contributed by atoms with Crippen molar-refractivity contribution in [3.05, 3.63) is 81.9 Å². The lowest BCUT2D eigenvalue weighted by Crippen LogP contribution is -1.93. The number of aromatic nitrogens is 2. The number of thiazole rings is 1. The van der Waals surface area contributed by atoms with Gasteiger partial charge in [0.15, 0.2) is 4.96 Å². The van der Waals surface area contributed by atoms with E-state index >= 15 is 0 Å². The zero-order valence-electron chi connectivity index (χ0n) is 13.2. The van der Waals surface area contributed by atoms with Crippen LogP contribution in [0.2, 0.25) is 0 Å². The summed E-state index contributed by atoms with van der Waals surface area (Å²) in [5.74, 6) is 0. The van der Waals surface area contributed by atoms with E-state index in [4.69, 9.17) is 9.82 Å². The Morgan fingerprint density at radius 2 is 1.92 bits per heavy atom. The molecule has 124 valence electrons. The Bertz CT molecular complexity index is 1010. The molecule has 0 N–H and O–H groups in total. The zero-order chi connectivity index (χ0) is 17.1. The summed E-state index contributed by atoms with van der Waals surface area (Å²) in [5.41, 5.74) is 3.93. The monoisotopic (exact) mass is 411 g/mol. The summed E-state index contributed by atoms with van der Waals surface area (Å²) in [6, 6.07) is 18.1. The van der Waals surface area contributed by atoms with Gasteiger partial charge in [-0.3, -0.25) is 4.40 Å². The van der Waals surface area contributed by atoms with E-state index in [1.807, 2.05) is 70.6 Å². The summed E-state index contributed by atoms with van der Waals surface area (Å²) in [7, 11) is 0. The van der Waals surface area contributed by atoms with Crippen molar-refractivity contribution in [1.29, 1.82) is 0 Å². The standard InChI is InChI=1S/C19H14BrN3OS/c20-16-8-6-15(7-9-16)18-17(23-10-11-25-19(23)22-18)12-21-24-13-14-4-2-1-3-5-14/h1-12H,13H2. The van der Waals surface area contributed by atoms with Gasteiger partial charge >= 0.3 is 0 Å². The SMILES string of the molecule is Brc1ccc(-c2nc3sccn3c2C=NOCc2ccccc2)cc1. The lowest BCUT2D eigenvalue weighted by molar-refractivity contribution is 0.132. The fourth-order valence-electron chi connectivity index (χ4n) is 2.52. The summed E-state index contributed by atoms with van der Waals surface area (Å²) in [6.07, 6.45) is 3.72. The Morgan fingerprint density at radius 1 is 1.12 bits per heavy atom. The van der Waals surface area contributed by atoms with Crippen LogP contribution in [0.3, 0.4) is 0 Å². The molecule has 0 aliphatic carbocycles. The summed E-state index contributed by atoms with van der Waals surface area (Å²) < 4.78 is 3.07. The molecule has 4 rings (SSSR count). The van der Waals surface area contributed by atoms with Crippen LogP contribution in [0.1, 0.15) is 11.3 Å². The van der Waals surface area contributed by atoms with Crippen LogP contribution in [0.4, 0.5) is 0 Å². The van der Waals surface area contributed by atoms with Crippen LogP contribution in [0.25, 0.3) is 16.2 Å². The second-order valence-electron chi connectivity index (χ2n) is 5.40. The molecule has 0 aliphatic rings. The van der Waals surface area contributed by atoms with Crippen LogP contribution in [0.15, 0.2) is 75.8 Å². The zero-order valence-corrected chi connectivity index (χ0v) is 15.6.